The number of rotatable bonds is 4. The Morgan fingerprint density at radius 1 is 1.28 bits per heavy atom. The highest BCUT2D eigenvalue weighted by Crippen LogP contribution is 2.34. The summed E-state index contributed by atoms with van der Waals surface area (Å²) in [4.78, 5) is 1.83. The predicted octanol–water partition coefficient (Wildman–Crippen LogP) is 3.04. The van der Waals surface area contributed by atoms with Gasteiger partial charge in [-0.1, -0.05) is 19.1 Å². The van der Waals surface area contributed by atoms with Crippen molar-refractivity contribution in [1.82, 2.24) is 4.90 Å². The lowest BCUT2D eigenvalue weighted by Crippen LogP contribution is -2.46. The van der Waals surface area contributed by atoms with Crippen molar-refractivity contribution in [2.24, 2.45) is 0 Å². The van der Waals surface area contributed by atoms with Crippen molar-refractivity contribution in [2.75, 3.05) is 14.1 Å². The molecule has 2 nitrogen and oxygen atoms in total. The molecule has 0 bridgehead atoms. The van der Waals surface area contributed by atoms with Gasteiger partial charge in [-0.15, -0.1) is 0 Å². The number of nitrogens with zero attached hydrogens (tertiary/aromatic N) is 1. The third-order valence-electron chi connectivity index (χ3n) is 3.93. The Bertz CT molecular complexity index is 434. The van der Waals surface area contributed by atoms with E-state index >= 15 is 0 Å². The highest BCUT2D eigenvalue weighted by molar-refractivity contribution is 5.29. The van der Waals surface area contributed by atoms with Gasteiger partial charge in [0.1, 0.15) is 0 Å². The van der Waals surface area contributed by atoms with Gasteiger partial charge in [-0.2, -0.15) is 0 Å². The first kappa shape index (κ1) is 15.1. The minimum atomic E-state index is -1.08. The number of hydrogen-bond acceptors (Lipinski definition) is 2. The van der Waals surface area contributed by atoms with Crippen molar-refractivity contribution >= 4 is 0 Å². The van der Waals surface area contributed by atoms with Gasteiger partial charge in [-0.25, -0.2) is 8.78 Å². The van der Waals surface area contributed by atoms with Crippen LogP contribution in [0.1, 0.15) is 37.5 Å². The molecule has 1 rings (SSSR count). The van der Waals surface area contributed by atoms with Crippen LogP contribution in [0.5, 0.6) is 0 Å². The van der Waals surface area contributed by atoms with E-state index in [2.05, 4.69) is 0 Å². The molecule has 0 aliphatic carbocycles. The van der Waals surface area contributed by atoms with Crippen LogP contribution >= 0.6 is 0 Å². The normalized spacial score (nSPS) is 16.7. The van der Waals surface area contributed by atoms with Crippen molar-refractivity contribution in [3.8, 4) is 0 Å². The molecule has 0 radical (unpaired) electrons. The molecule has 18 heavy (non-hydrogen) atoms. The van der Waals surface area contributed by atoms with Gasteiger partial charge >= 0.3 is 0 Å². The first-order valence-electron chi connectivity index (χ1n) is 6.05. The van der Waals surface area contributed by atoms with E-state index in [9.17, 15) is 13.9 Å². The van der Waals surface area contributed by atoms with E-state index in [1.165, 1.54) is 19.1 Å². The van der Waals surface area contributed by atoms with Crippen LogP contribution in [0.3, 0.4) is 0 Å². The van der Waals surface area contributed by atoms with Gasteiger partial charge in [-0.05, 0) is 39.9 Å². The van der Waals surface area contributed by atoms with E-state index in [0.29, 0.717) is 6.42 Å². The molecule has 1 aromatic rings. The van der Waals surface area contributed by atoms with Gasteiger partial charge in [0.05, 0.1) is 6.10 Å². The highest BCUT2D eigenvalue weighted by Gasteiger charge is 2.36. The second-order valence-corrected chi connectivity index (χ2v) is 5.11. The van der Waals surface area contributed by atoms with E-state index in [0.717, 1.165) is 0 Å². The van der Waals surface area contributed by atoms with Crippen LogP contribution in [-0.4, -0.2) is 29.6 Å². The van der Waals surface area contributed by atoms with Crippen LogP contribution in [0.4, 0.5) is 8.78 Å². The summed E-state index contributed by atoms with van der Waals surface area (Å²) in [6, 6.07) is 2.94. The monoisotopic (exact) mass is 257 g/mol. The molecule has 0 spiro atoms. The molecule has 1 aromatic carbocycles. The van der Waals surface area contributed by atoms with Crippen LogP contribution < -0.4 is 0 Å². The lowest BCUT2D eigenvalue weighted by Gasteiger charge is -2.40. The molecule has 0 aliphatic rings. The molecule has 4 heteroatoms. The second-order valence-electron chi connectivity index (χ2n) is 5.11. The van der Waals surface area contributed by atoms with E-state index in [1.54, 1.807) is 0 Å². The molecule has 0 heterocycles. The van der Waals surface area contributed by atoms with Crippen LogP contribution in [0.15, 0.2) is 12.1 Å². The van der Waals surface area contributed by atoms with Crippen molar-refractivity contribution in [3.63, 3.8) is 0 Å². The maximum absolute atomic E-state index is 13.9. The molecule has 0 amide bonds. The fourth-order valence-electron chi connectivity index (χ4n) is 1.96. The number of benzene rings is 1. The number of hydrogen-bond donors (Lipinski definition) is 1. The summed E-state index contributed by atoms with van der Waals surface area (Å²) >= 11 is 0. The molecule has 0 aromatic heterocycles. The topological polar surface area (TPSA) is 23.5 Å². The second kappa shape index (κ2) is 5.33. The van der Waals surface area contributed by atoms with Crippen molar-refractivity contribution in [3.05, 3.63) is 34.9 Å². The van der Waals surface area contributed by atoms with E-state index in [4.69, 9.17) is 0 Å². The average molecular weight is 257 g/mol. The summed E-state index contributed by atoms with van der Waals surface area (Å²) in [6.45, 7) is 5.24. The first-order valence-corrected chi connectivity index (χ1v) is 6.05. The maximum Gasteiger partial charge on any atom is 0.164 e. The van der Waals surface area contributed by atoms with Gasteiger partial charge in [-0.3, -0.25) is 0 Å². The Labute approximate surface area is 107 Å². The molecule has 1 N–H and O–H groups in total. The largest absolute Gasteiger partial charge is 0.386 e. The third-order valence-corrected chi connectivity index (χ3v) is 3.93. The number of aliphatic hydroxyl groups excluding tert-OH is 1. The molecular weight excluding hydrogens is 236 g/mol. The number of likely N-dealkylation sites (N-methyl/N-ethyl adjacent to an activating group) is 1. The Balaban J connectivity index is 3.26. The van der Waals surface area contributed by atoms with E-state index < -0.39 is 23.3 Å². The van der Waals surface area contributed by atoms with Crippen LogP contribution in [-0.2, 0) is 0 Å². The third kappa shape index (κ3) is 2.40. The molecule has 2 atom stereocenters. The zero-order valence-corrected chi connectivity index (χ0v) is 11.6. The standard InChI is InChI=1S/C14H21F2NO/c1-6-14(3,17(4)5)13(18)10-8-7-9(2)11(15)12(10)16/h7-8,13,18H,6H2,1-5H3. The lowest BCUT2D eigenvalue weighted by atomic mass is 9.85. The molecule has 102 valence electrons. The summed E-state index contributed by atoms with van der Waals surface area (Å²) in [5, 5.41) is 10.4. The zero-order valence-electron chi connectivity index (χ0n) is 11.6. The summed E-state index contributed by atoms with van der Waals surface area (Å²) in [5.74, 6) is -1.84. The van der Waals surface area contributed by atoms with E-state index in [-0.39, 0.29) is 11.1 Å². The van der Waals surface area contributed by atoms with Crippen LogP contribution in [0, 0.1) is 18.6 Å². The fraction of sp³-hybridized carbons (Fsp3) is 0.571. The Kier molecular flexibility index (Phi) is 4.46. The minimum Gasteiger partial charge on any atom is -0.386 e. The summed E-state index contributed by atoms with van der Waals surface area (Å²) in [5.41, 5.74) is -0.384. The summed E-state index contributed by atoms with van der Waals surface area (Å²) < 4.78 is 27.4. The van der Waals surface area contributed by atoms with Crippen LogP contribution in [0.25, 0.3) is 0 Å². The van der Waals surface area contributed by atoms with Gasteiger partial charge < -0.3 is 10.0 Å². The lowest BCUT2D eigenvalue weighted by molar-refractivity contribution is -0.00154. The van der Waals surface area contributed by atoms with E-state index in [1.807, 2.05) is 32.8 Å². The number of aryl methyl sites for hydroxylation is 1. The Hall–Kier alpha value is -1.00. The Morgan fingerprint density at radius 2 is 1.83 bits per heavy atom. The quantitative estimate of drug-likeness (QED) is 0.896. The minimum absolute atomic E-state index is 0.0103. The molecule has 0 fully saturated rings. The first-order chi connectivity index (χ1) is 8.25. The van der Waals surface area contributed by atoms with Crippen molar-refractivity contribution in [1.29, 1.82) is 0 Å². The van der Waals surface area contributed by atoms with Crippen molar-refractivity contribution in [2.45, 2.75) is 38.8 Å². The average Bonchev–Trinajstić information content (AvgIpc) is 2.34. The highest BCUT2D eigenvalue weighted by atomic mass is 19.2. The zero-order chi connectivity index (χ0) is 14.1. The van der Waals surface area contributed by atoms with Crippen molar-refractivity contribution < 1.29 is 13.9 Å². The summed E-state index contributed by atoms with van der Waals surface area (Å²) in [7, 11) is 3.63. The number of aliphatic hydroxyl groups is 1. The smallest absolute Gasteiger partial charge is 0.164 e. The molecule has 0 saturated heterocycles. The fourth-order valence-corrected chi connectivity index (χ4v) is 1.96. The predicted molar refractivity (Wildman–Crippen MR) is 68.4 cm³/mol. The number of halogens is 2. The SMILES string of the molecule is CCC(C)(C(O)c1ccc(C)c(F)c1F)N(C)C. The summed E-state index contributed by atoms with van der Waals surface area (Å²) in [6.07, 6.45) is -0.455. The van der Waals surface area contributed by atoms with Gasteiger partial charge in [0.15, 0.2) is 11.6 Å². The van der Waals surface area contributed by atoms with Crippen LogP contribution in [0.2, 0.25) is 0 Å². The molecule has 0 aliphatic heterocycles. The van der Waals surface area contributed by atoms with Gasteiger partial charge in [0.25, 0.3) is 0 Å². The molecule has 0 saturated carbocycles. The van der Waals surface area contributed by atoms with Gasteiger partial charge in [0, 0.05) is 11.1 Å². The molecular formula is C14H21F2NO. The molecule has 2 unspecified atom stereocenters. The maximum atomic E-state index is 13.9. The Morgan fingerprint density at radius 3 is 2.28 bits per heavy atom. The van der Waals surface area contributed by atoms with Gasteiger partial charge in [0.2, 0.25) is 0 Å².